The number of fused-ring (bicyclic) bond motifs is 3. The second kappa shape index (κ2) is 6.76. The molecule has 0 unspecified atom stereocenters. The van der Waals surface area contributed by atoms with E-state index in [0.717, 1.165) is 12.2 Å². The molecule has 1 aromatic carbocycles. The lowest BCUT2D eigenvalue weighted by atomic mass is 9.95. The second-order valence-electron chi connectivity index (χ2n) is 7.82. The lowest BCUT2D eigenvalue weighted by molar-refractivity contribution is 0.355. The molecule has 1 aliphatic rings. The Morgan fingerprint density at radius 3 is 2.74 bits per heavy atom. The van der Waals surface area contributed by atoms with Gasteiger partial charge in [0.15, 0.2) is 0 Å². The lowest BCUT2D eigenvalue weighted by Crippen LogP contribution is -2.16. The monoisotopic (exact) mass is 358 g/mol. The molecule has 0 amide bonds. The van der Waals surface area contributed by atoms with Crippen LogP contribution in [0.15, 0.2) is 48.8 Å². The first-order chi connectivity index (χ1) is 13.3. The highest BCUT2D eigenvalue weighted by Gasteiger charge is 2.22. The van der Waals surface area contributed by atoms with Crippen LogP contribution in [0.25, 0.3) is 21.9 Å². The lowest BCUT2D eigenvalue weighted by Gasteiger charge is -2.27. The van der Waals surface area contributed by atoms with Crippen molar-refractivity contribution < 1.29 is 0 Å². The van der Waals surface area contributed by atoms with Crippen molar-refractivity contribution in [3.8, 4) is 0 Å². The number of nitrogens with zero attached hydrogens (tertiary/aromatic N) is 2. The summed E-state index contributed by atoms with van der Waals surface area (Å²) >= 11 is 0. The van der Waals surface area contributed by atoms with Crippen LogP contribution in [0.1, 0.15) is 49.4 Å². The van der Waals surface area contributed by atoms with Gasteiger partial charge in [-0.1, -0.05) is 37.0 Å². The van der Waals surface area contributed by atoms with Gasteiger partial charge in [-0.3, -0.25) is 0 Å². The molecule has 1 aliphatic carbocycles. The highest BCUT2D eigenvalue weighted by Crippen LogP contribution is 2.36. The van der Waals surface area contributed by atoms with E-state index in [9.17, 15) is 0 Å². The largest absolute Gasteiger partial charge is 0.379 e. The summed E-state index contributed by atoms with van der Waals surface area (Å²) in [6.45, 7) is 2.96. The van der Waals surface area contributed by atoms with Crippen LogP contribution < -0.4 is 5.32 Å². The fourth-order valence-electron chi connectivity index (χ4n) is 4.53. The van der Waals surface area contributed by atoms with E-state index in [1.54, 1.807) is 0 Å². The molecule has 0 spiro atoms. The Labute approximate surface area is 159 Å². The predicted octanol–water partition coefficient (Wildman–Crippen LogP) is 5.94. The third-order valence-corrected chi connectivity index (χ3v) is 5.92. The Bertz CT molecular complexity index is 1070. The van der Waals surface area contributed by atoms with Gasteiger partial charge in [0.05, 0.1) is 12.1 Å². The standard InChI is InChI=1S/C23H26N4/c1-16-7-9-18(10-8-16)25-15-20-13-17-14-26-23-21(11-12-24-23)22(17)27(20)19-5-3-2-4-6-19/h7-14,19,25H,2-6,15H2,1H3,(H,24,26). The Morgan fingerprint density at radius 1 is 1.11 bits per heavy atom. The first-order valence-corrected chi connectivity index (χ1v) is 10.1. The summed E-state index contributed by atoms with van der Waals surface area (Å²) in [5.41, 5.74) is 6.14. The SMILES string of the molecule is Cc1ccc(NCc2cc3cnc4[nH]ccc4c3n2C2CCCCC2)cc1. The number of hydrogen-bond acceptors (Lipinski definition) is 2. The van der Waals surface area contributed by atoms with Gasteiger partial charge in [0.2, 0.25) is 0 Å². The van der Waals surface area contributed by atoms with Crippen molar-refractivity contribution in [2.75, 3.05) is 5.32 Å². The number of H-pyrrole nitrogens is 1. The molecular weight excluding hydrogens is 332 g/mol. The maximum absolute atomic E-state index is 4.61. The molecule has 4 nitrogen and oxygen atoms in total. The molecule has 3 aromatic heterocycles. The number of pyridine rings is 1. The summed E-state index contributed by atoms with van der Waals surface area (Å²) in [6.07, 6.45) is 10.6. The third-order valence-electron chi connectivity index (χ3n) is 5.92. The minimum atomic E-state index is 0.589. The zero-order valence-electron chi connectivity index (χ0n) is 15.8. The molecule has 138 valence electrons. The molecule has 5 rings (SSSR count). The molecule has 0 atom stereocenters. The van der Waals surface area contributed by atoms with E-state index in [1.807, 2.05) is 12.4 Å². The van der Waals surface area contributed by atoms with E-state index in [-0.39, 0.29) is 0 Å². The Hall–Kier alpha value is -2.75. The van der Waals surface area contributed by atoms with Crippen LogP contribution in [0.5, 0.6) is 0 Å². The zero-order chi connectivity index (χ0) is 18.2. The van der Waals surface area contributed by atoms with Gasteiger partial charge >= 0.3 is 0 Å². The van der Waals surface area contributed by atoms with Crippen molar-refractivity contribution in [1.82, 2.24) is 14.5 Å². The number of aromatic amines is 1. The van der Waals surface area contributed by atoms with Crippen molar-refractivity contribution in [1.29, 1.82) is 0 Å². The van der Waals surface area contributed by atoms with Crippen molar-refractivity contribution >= 4 is 27.6 Å². The van der Waals surface area contributed by atoms with Gasteiger partial charge in [0, 0.05) is 40.6 Å². The highest BCUT2D eigenvalue weighted by molar-refractivity contribution is 6.03. The molecule has 4 aromatic rings. The van der Waals surface area contributed by atoms with Crippen molar-refractivity contribution in [2.24, 2.45) is 0 Å². The Morgan fingerprint density at radius 2 is 1.93 bits per heavy atom. The molecule has 0 saturated heterocycles. The zero-order valence-corrected chi connectivity index (χ0v) is 15.8. The fraction of sp³-hybridized carbons (Fsp3) is 0.348. The highest BCUT2D eigenvalue weighted by atomic mass is 15.1. The maximum atomic E-state index is 4.61. The predicted molar refractivity (Wildman–Crippen MR) is 112 cm³/mol. The molecule has 0 radical (unpaired) electrons. The summed E-state index contributed by atoms with van der Waals surface area (Å²) in [7, 11) is 0. The normalized spacial score (nSPS) is 15.6. The molecule has 27 heavy (non-hydrogen) atoms. The van der Waals surface area contributed by atoms with E-state index in [1.165, 1.54) is 65.3 Å². The smallest absolute Gasteiger partial charge is 0.139 e. The topological polar surface area (TPSA) is 45.6 Å². The van der Waals surface area contributed by atoms with Gasteiger partial charge in [-0.05, 0) is 44.0 Å². The van der Waals surface area contributed by atoms with Gasteiger partial charge in [0.25, 0.3) is 0 Å². The van der Waals surface area contributed by atoms with Crippen LogP contribution in [-0.4, -0.2) is 14.5 Å². The molecule has 2 N–H and O–H groups in total. The quantitative estimate of drug-likeness (QED) is 0.474. The third kappa shape index (κ3) is 2.99. The second-order valence-corrected chi connectivity index (χ2v) is 7.82. The number of anilines is 1. The van der Waals surface area contributed by atoms with E-state index in [2.05, 4.69) is 63.2 Å². The van der Waals surface area contributed by atoms with Gasteiger partial charge in [-0.15, -0.1) is 0 Å². The van der Waals surface area contributed by atoms with E-state index in [0.29, 0.717) is 6.04 Å². The molecule has 1 saturated carbocycles. The number of nitrogens with one attached hydrogen (secondary N) is 2. The number of benzene rings is 1. The number of aromatic nitrogens is 3. The summed E-state index contributed by atoms with van der Waals surface area (Å²) in [5, 5.41) is 6.10. The van der Waals surface area contributed by atoms with E-state index < -0.39 is 0 Å². The summed E-state index contributed by atoms with van der Waals surface area (Å²) in [5.74, 6) is 0. The van der Waals surface area contributed by atoms with Crippen molar-refractivity contribution in [3.05, 3.63) is 60.0 Å². The summed E-state index contributed by atoms with van der Waals surface area (Å²) < 4.78 is 2.60. The minimum Gasteiger partial charge on any atom is -0.379 e. The Balaban J connectivity index is 1.58. The minimum absolute atomic E-state index is 0.589. The van der Waals surface area contributed by atoms with E-state index >= 15 is 0 Å². The summed E-state index contributed by atoms with van der Waals surface area (Å²) in [6, 6.07) is 13.7. The molecule has 3 heterocycles. The number of aryl methyl sites for hydroxylation is 1. The number of rotatable bonds is 4. The molecular formula is C23H26N4. The molecule has 1 fully saturated rings. The van der Waals surface area contributed by atoms with Crippen molar-refractivity contribution in [3.63, 3.8) is 0 Å². The average Bonchev–Trinajstić information content (AvgIpc) is 3.32. The molecule has 0 aliphatic heterocycles. The fourth-order valence-corrected chi connectivity index (χ4v) is 4.53. The Kier molecular flexibility index (Phi) is 4.12. The first kappa shape index (κ1) is 16.4. The van der Waals surface area contributed by atoms with Crippen molar-refractivity contribution in [2.45, 2.75) is 51.6 Å². The number of hydrogen-bond donors (Lipinski definition) is 2. The van der Waals surface area contributed by atoms with Crippen LogP contribution >= 0.6 is 0 Å². The first-order valence-electron chi connectivity index (χ1n) is 10.1. The van der Waals surface area contributed by atoms with Gasteiger partial charge in [-0.25, -0.2) is 4.98 Å². The van der Waals surface area contributed by atoms with Gasteiger partial charge in [0.1, 0.15) is 5.65 Å². The summed E-state index contributed by atoms with van der Waals surface area (Å²) in [4.78, 5) is 7.88. The van der Waals surface area contributed by atoms with Crippen LogP contribution in [0.4, 0.5) is 5.69 Å². The van der Waals surface area contributed by atoms with Crippen LogP contribution in [0.2, 0.25) is 0 Å². The molecule has 4 heteroatoms. The van der Waals surface area contributed by atoms with Crippen LogP contribution in [0, 0.1) is 6.92 Å². The van der Waals surface area contributed by atoms with E-state index in [4.69, 9.17) is 0 Å². The van der Waals surface area contributed by atoms with Gasteiger partial charge < -0.3 is 14.9 Å². The van der Waals surface area contributed by atoms with Crippen LogP contribution in [-0.2, 0) is 6.54 Å². The molecule has 0 bridgehead atoms. The van der Waals surface area contributed by atoms with Gasteiger partial charge in [-0.2, -0.15) is 0 Å². The maximum Gasteiger partial charge on any atom is 0.139 e. The average molecular weight is 358 g/mol. The van der Waals surface area contributed by atoms with Crippen LogP contribution in [0.3, 0.4) is 0 Å².